The van der Waals surface area contributed by atoms with Gasteiger partial charge in [-0.3, -0.25) is 5.43 Å². The highest BCUT2D eigenvalue weighted by atomic mass is 79.9. The van der Waals surface area contributed by atoms with Crippen molar-refractivity contribution in [2.45, 2.75) is 32.7 Å². The number of allylic oxidation sites excluding steroid dienone is 1. The number of ether oxygens (including phenoxy) is 5. The smallest absolute Gasteiger partial charge is 0.337 e. The Morgan fingerprint density at radius 1 is 1.02 bits per heavy atom. The van der Waals surface area contributed by atoms with E-state index in [0.717, 1.165) is 5.56 Å². The Hall–Kier alpha value is -5.28. The van der Waals surface area contributed by atoms with E-state index >= 15 is 0 Å². The van der Waals surface area contributed by atoms with Crippen molar-refractivity contribution in [1.82, 2.24) is 16.1 Å². The summed E-state index contributed by atoms with van der Waals surface area (Å²) >= 11 is 3.49. The molecule has 1 aliphatic rings. The third kappa shape index (κ3) is 8.95. The number of carbonyl (C=O) groups excluding carboxylic acids is 2. The Bertz CT molecular complexity index is 1710. The predicted molar refractivity (Wildman–Crippen MR) is 177 cm³/mol. The van der Waals surface area contributed by atoms with Gasteiger partial charge in [0, 0.05) is 15.7 Å². The zero-order chi connectivity index (χ0) is 34.8. The third-order valence-electron chi connectivity index (χ3n) is 6.98. The number of carboxylic acid groups (broad SMARTS) is 1. The van der Waals surface area contributed by atoms with Crippen molar-refractivity contribution in [3.05, 3.63) is 92.6 Å². The van der Waals surface area contributed by atoms with Crippen LogP contribution >= 0.6 is 15.9 Å². The van der Waals surface area contributed by atoms with E-state index in [-0.39, 0.29) is 24.4 Å². The number of hydrogen-bond donors (Lipinski definition) is 5. The zero-order valence-corrected chi connectivity index (χ0v) is 28.1. The van der Waals surface area contributed by atoms with E-state index in [2.05, 4.69) is 37.1 Å². The van der Waals surface area contributed by atoms with Crippen LogP contribution in [0.15, 0.2) is 75.4 Å². The number of aliphatic hydroxyl groups is 1. The molecule has 0 aromatic heterocycles. The molecule has 0 saturated carbocycles. The summed E-state index contributed by atoms with van der Waals surface area (Å²) in [6.45, 7) is 3.72. The summed E-state index contributed by atoms with van der Waals surface area (Å²) in [4.78, 5) is 35.7. The van der Waals surface area contributed by atoms with E-state index in [0.29, 0.717) is 50.9 Å². The summed E-state index contributed by atoms with van der Waals surface area (Å²) in [6.07, 6.45) is 0.276. The van der Waals surface area contributed by atoms with Gasteiger partial charge in [0.05, 0.1) is 44.2 Å². The molecule has 2 amide bonds. The minimum atomic E-state index is -1.20. The highest BCUT2D eigenvalue weighted by Crippen LogP contribution is 2.35. The van der Waals surface area contributed by atoms with Crippen LogP contribution in [0.2, 0.25) is 0 Å². The normalized spacial score (nSPS) is 14.9. The Morgan fingerprint density at radius 3 is 2.42 bits per heavy atom. The molecular weight excluding hydrogens is 692 g/mol. The first kappa shape index (κ1) is 35.6. The molecule has 4 rings (SSSR count). The van der Waals surface area contributed by atoms with Crippen LogP contribution in [0.5, 0.6) is 23.0 Å². The maximum atomic E-state index is 12.5. The molecule has 14 nitrogen and oxygen atoms in total. The van der Waals surface area contributed by atoms with Crippen molar-refractivity contribution < 1.29 is 48.3 Å². The van der Waals surface area contributed by atoms with Crippen LogP contribution in [0, 0.1) is 0 Å². The summed E-state index contributed by atoms with van der Waals surface area (Å²) in [6, 6.07) is 13.5. The van der Waals surface area contributed by atoms with Gasteiger partial charge in [-0.05, 0) is 77.3 Å². The average molecular weight is 728 g/mol. The summed E-state index contributed by atoms with van der Waals surface area (Å²) in [5.41, 5.74) is 5.39. The largest absolute Gasteiger partial charge is 0.493 e. The number of hydrogen-bond acceptors (Lipinski definition) is 11. The minimum absolute atomic E-state index is 0.187. The number of esters is 1. The molecule has 0 saturated heterocycles. The number of carbonyl (C=O) groups is 3. The van der Waals surface area contributed by atoms with E-state index in [1.54, 1.807) is 56.3 Å². The number of urea groups is 1. The molecule has 0 spiro atoms. The molecule has 3 aromatic rings. The van der Waals surface area contributed by atoms with Crippen LogP contribution in [0.3, 0.4) is 0 Å². The van der Waals surface area contributed by atoms with Gasteiger partial charge in [-0.25, -0.2) is 14.4 Å². The van der Waals surface area contributed by atoms with Gasteiger partial charge >= 0.3 is 18.0 Å². The quantitative estimate of drug-likeness (QED) is 0.0652. The molecule has 0 radical (unpaired) electrons. The standard InChI is InChI=1S/C33H35BrN4O10/c1-5-46-26-12-21(30-29(32(42)45-4)18(2)36-33(43)37-30)10-11-24(26)48-17-28(39)38-35-15-22-13-25(44-3)27(14-23(22)34)47-16-19-6-8-20(9-7-19)31(40)41/h6-15,28,30,38-39H,5,16-17H2,1-4H3,(H,40,41)(H2,36,37,43)/b35-15-/t28-,30+/m1/s1. The lowest BCUT2D eigenvalue weighted by atomic mass is 9.95. The van der Waals surface area contributed by atoms with E-state index in [9.17, 15) is 19.5 Å². The summed E-state index contributed by atoms with van der Waals surface area (Å²) < 4.78 is 28.5. The second kappa shape index (κ2) is 16.5. The SMILES string of the molecule is CCOc1cc([C@@H]2NC(=O)NC(C)=C2C(=O)OC)ccc1OC[C@@H](O)N/N=C\c1cc(OC)c(OCc2ccc(C(=O)O)cc2)cc1Br. The minimum Gasteiger partial charge on any atom is -0.493 e. The number of halogens is 1. The van der Waals surface area contributed by atoms with E-state index in [1.165, 1.54) is 32.6 Å². The van der Waals surface area contributed by atoms with Gasteiger partial charge in [-0.1, -0.05) is 18.2 Å². The highest BCUT2D eigenvalue weighted by molar-refractivity contribution is 9.10. The first-order valence-electron chi connectivity index (χ1n) is 14.6. The van der Waals surface area contributed by atoms with Crippen molar-refractivity contribution in [2.75, 3.05) is 27.4 Å². The van der Waals surface area contributed by atoms with Crippen LogP contribution in [0.1, 0.15) is 46.9 Å². The fourth-order valence-electron chi connectivity index (χ4n) is 4.64. The number of rotatable bonds is 15. The van der Waals surface area contributed by atoms with Crippen molar-refractivity contribution in [3.63, 3.8) is 0 Å². The van der Waals surface area contributed by atoms with Gasteiger partial charge in [0.1, 0.15) is 13.2 Å². The molecule has 1 heterocycles. The molecule has 1 aliphatic heterocycles. The van der Waals surface area contributed by atoms with Crippen LogP contribution in [-0.4, -0.2) is 68.1 Å². The van der Waals surface area contributed by atoms with Crippen LogP contribution in [0.4, 0.5) is 4.79 Å². The molecule has 0 unspecified atom stereocenters. The van der Waals surface area contributed by atoms with Gasteiger partial charge in [-0.15, -0.1) is 0 Å². The molecule has 3 aromatic carbocycles. The summed E-state index contributed by atoms with van der Waals surface area (Å²) in [7, 11) is 2.76. The Labute approximate surface area is 284 Å². The lowest BCUT2D eigenvalue weighted by Crippen LogP contribution is -2.45. The van der Waals surface area contributed by atoms with Crippen LogP contribution < -0.4 is 35.0 Å². The molecule has 15 heteroatoms. The molecule has 5 N–H and O–H groups in total. The number of methoxy groups -OCH3 is 2. The number of hydrazone groups is 1. The predicted octanol–water partition coefficient (Wildman–Crippen LogP) is 4.26. The molecule has 2 atom stereocenters. The van der Waals surface area contributed by atoms with Gasteiger partial charge in [0.25, 0.3) is 0 Å². The summed E-state index contributed by atoms with van der Waals surface area (Å²) in [5.74, 6) is -0.0299. The van der Waals surface area contributed by atoms with E-state index < -0.39 is 30.2 Å². The van der Waals surface area contributed by atoms with Crippen LogP contribution in [-0.2, 0) is 16.1 Å². The Morgan fingerprint density at radius 2 is 1.75 bits per heavy atom. The lowest BCUT2D eigenvalue weighted by Gasteiger charge is -2.28. The number of aromatic carboxylic acids is 1. The molecule has 254 valence electrons. The molecule has 48 heavy (non-hydrogen) atoms. The second-order valence-electron chi connectivity index (χ2n) is 10.2. The molecular formula is C33H35BrN4O10. The third-order valence-corrected chi connectivity index (χ3v) is 7.66. The van der Waals surface area contributed by atoms with Crippen LogP contribution in [0.25, 0.3) is 0 Å². The maximum Gasteiger partial charge on any atom is 0.337 e. The number of amides is 2. The average Bonchev–Trinajstić information content (AvgIpc) is 3.07. The van der Waals surface area contributed by atoms with Gasteiger partial charge in [-0.2, -0.15) is 5.10 Å². The Kier molecular flexibility index (Phi) is 12.2. The number of aliphatic hydroxyl groups excluding tert-OH is 1. The topological polar surface area (TPSA) is 186 Å². The van der Waals surface area contributed by atoms with Crippen molar-refractivity contribution in [2.24, 2.45) is 5.10 Å². The van der Waals surface area contributed by atoms with Crippen molar-refractivity contribution in [1.29, 1.82) is 0 Å². The fraction of sp³-hybridized carbons (Fsp3) is 0.273. The maximum absolute atomic E-state index is 12.5. The lowest BCUT2D eigenvalue weighted by molar-refractivity contribution is -0.136. The van der Waals surface area contributed by atoms with Gasteiger partial charge in [0.2, 0.25) is 0 Å². The van der Waals surface area contributed by atoms with Crippen molar-refractivity contribution >= 4 is 40.1 Å². The second-order valence-corrected chi connectivity index (χ2v) is 11.1. The van der Waals surface area contributed by atoms with E-state index in [4.69, 9.17) is 28.8 Å². The zero-order valence-electron chi connectivity index (χ0n) is 26.5. The summed E-state index contributed by atoms with van der Waals surface area (Å²) in [5, 5.41) is 29.0. The number of nitrogens with one attached hydrogen (secondary N) is 3. The first-order chi connectivity index (χ1) is 23.0. The molecule has 0 fully saturated rings. The van der Waals surface area contributed by atoms with Gasteiger partial charge in [0.15, 0.2) is 29.2 Å². The molecule has 0 aliphatic carbocycles. The van der Waals surface area contributed by atoms with Crippen molar-refractivity contribution in [3.8, 4) is 23.0 Å². The van der Waals surface area contributed by atoms with Gasteiger partial charge < -0.3 is 44.5 Å². The number of carboxylic acids is 1. The first-order valence-corrected chi connectivity index (χ1v) is 15.4. The number of nitrogens with zero attached hydrogens (tertiary/aromatic N) is 1. The Balaban J connectivity index is 1.38. The molecule has 0 bridgehead atoms. The fourth-order valence-corrected chi connectivity index (χ4v) is 5.07. The monoisotopic (exact) mass is 726 g/mol. The number of benzene rings is 3. The highest BCUT2D eigenvalue weighted by Gasteiger charge is 2.32. The van der Waals surface area contributed by atoms with E-state index in [1.807, 2.05) is 0 Å².